The van der Waals surface area contributed by atoms with Gasteiger partial charge in [-0.05, 0) is 64.1 Å². The van der Waals surface area contributed by atoms with Crippen molar-refractivity contribution >= 4 is 42.9 Å². The molecule has 1 aromatic carbocycles. The molecule has 3 N–H and O–H groups in total. The molecule has 0 bridgehead atoms. The Morgan fingerprint density at radius 3 is 2.19 bits per heavy atom. The fraction of sp³-hybridized carbons (Fsp3) is 0.543. The molecule has 7 atom stereocenters. The number of nitrogens with two attached hydrogens (primary N) is 1. The summed E-state index contributed by atoms with van der Waals surface area (Å²) in [5, 5.41) is 6.95. The van der Waals surface area contributed by atoms with E-state index in [0.717, 1.165) is 0 Å². The third-order valence-corrected chi connectivity index (χ3v) is 10.6. The number of aromatic nitrogens is 3. The summed E-state index contributed by atoms with van der Waals surface area (Å²) >= 11 is 0. The van der Waals surface area contributed by atoms with Crippen molar-refractivity contribution in [3.63, 3.8) is 0 Å². The van der Waals surface area contributed by atoms with Crippen LogP contribution in [0.15, 0.2) is 42.7 Å². The summed E-state index contributed by atoms with van der Waals surface area (Å²) in [6, 6.07) is 7.91. The minimum atomic E-state index is -4.66. The molecule has 3 aromatic rings. The van der Waals surface area contributed by atoms with Gasteiger partial charge in [-0.2, -0.15) is 10.2 Å². The largest absolute Gasteiger partial charge is 0.462 e. The number of hydrogen-bond donors (Lipinski definition) is 2. The van der Waals surface area contributed by atoms with Crippen LogP contribution >= 0.6 is 7.75 Å². The standard InChI is InChI=1S/C35H47N6O11P/c1-18(2)30(43)48-27-26(24-15-16-25-28(36)37-17-38-41(24)25)49-34(8)33(35(27,34)50-31(44)19(3)4)52-53(46,39-21(7)32(45)47-20(5)6)51-23-13-11-22(12-14-23)29(42)40(9)10/h11-21,26-27,33H,1-10H3,(H,39,46)(H2,36,37,38)/t21-,26-,27-,33?,34+,35+,53-/m0/s1. The molecule has 3 heterocycles. The Morgan fingerprint density at radius 1 is 0.962 bits per heavy atom. The molecule has 2 aliphatic rings. The van der Waals surface area contributed by atoms with Gasteiger partial charge in [-0.15, -0.1) is 0 Å². The quantitative estimate of drug-likeness (QED) is 0.136. The Labute approximate surface area is 307 Å². The van der Waals surface area contributed by atoms with E-state index in [1.54, 1.807) is 74.7 Å². The Balaban J connectivity index is 1.59. The van der Waals surface area contributed by atoms with E-state index in [4.69, 9.17) is 33.7 Å². The Hall–Kier alpha value is -4.57. The zero-order valence-corrected chi connectivity index (χ0v) is 32.3. The summed E-state index contributed by atoms with van der Waals surface area (Å²) < 4.78 is 52.9. The molecule has 1 saturated heterocycles. The first-order valence-corrected chi connectivity index (χ1v) is 18.8. The number of carbonyl (C=O) groups is 4. The fourth-order valence-corrected chi connectivity index (χ4v) is 7.84. The first kappa shape index (κ1) is 39.6. The maximum atomic E-state index is 14.9. The first-order chi connectivity index (χ1) is 24.7. The number of fused-ring (bicyclic) bond motifs is 2. The van der Waals surface area contributed by atoms with Crippen LogP contribution in [-0.2, 0) is 42.4 Å². The van der Waals surface area contributed by atoms with Crippen LogP contribution in [0.2, 0.25) is 0 Å². The lowest BCUT2D eigenvalue weighted by Crippen LogP contribution is -2.45. The summed E-state index contributed by atoms with van der Waals surface area (Å²) in [6.45, 7) is 12.8. The van der Waals surface area contributed by atoms with Crippen molar-refractivity contribution in [2.75, 3.05) is 19.8 Å². The average molecular weight is 759 g/mol. The highest BCUT2D eigenvalue weighted by molar-refractivity contribution is 7.52. The number of anilines is 1. The maximum Gasteiger partial charge on any atom is 0.459 e. The van der Waals surface area contributed by atoms with Crippen LogP contribution < -0.4 is 15.3 Å². The van der Waals surface area contributed by atoms with Gasteiger partial charge in [0.15, 0.2) is 11.9 Å². The number of nitrogens with zero attached hydrogens (tertiary/aromatic N) is 4. The molecule has 1 saturated carbocycles. The molecule has 0 spiro atoms. The number of hydrogen-bond acceptors (Lipinski definition) is 14. The number of benzene rings is 1. The molecular weight excluding hydrogens is 711 g/mol. The van der Waals surface area contributed by atoms with Gasteiger partial charge < -0.3 is 34.1 Å². The van der Waals surface area contributed by atoms with Gasteiger partial charge in [0.05, 0.1) is 23.6 Å². The first-order valence-electron chi connectivity index (χ1n) is 17.2. The third kappa shape index (κ3) is 7.48. The number of amides is 1. The van der Waals surface area contributed by atoms with Crippen LogP contribution in [0.1, 0.15) is 77.5 Å². The lowest BCUT2D eigenvalue weighted by Gasteiger charge is -2.31. The molecule has 1 aliphatic heterocycles. The van der Waals surface area contributed by atoms with E-state index in [2.05, 4.69) is 15.2 Å². The van der Waals surface area contributed by atoms with E-state index in [1.165, 1.54) is 46.9 Å². The van der Waals surface area contributed by atoms with Crippen molar-refractivity contribution in [1.82, 2.24) is 24.6 Å². The van der Waals surface area contributed by atoms with Gasteiger partial charge in [-0.3, -0.25) is 23.7 Å². The summed E-state index contributed by atoms with van der Waals surface area (Å²) in [4.78, 5) is 57.7. The summed E-state index contributed by atoms with van der Waals surface area (Å²) in [5.41, 5.74) is 3.81. The molecule has 18 heteroatoms. The zero-order valence-electron chi connectivity index (χ0n) is 31.4. The second kappa shape index (κ2) is 14.7. The lowest BCUT2D eigenvalue weighted by atomic mass is 10.0. The second-order valence-corrected chi connectivity index (χ2v) is 16.0. The summed E-state index contributed by atoms with van der Waals surface area (Å²) in [5.74, 6) is -3.38. The average Bonchev–Trinajstić information content (AvgIpc) is 3.34. The van der Waals surface area contributed by atoms with Crippen LogP contribution in [0, 0.1) is 11.8 Å². The van der Waals surface area contributed by atoms with Gasteiger partial charge in [0, 0.05) is 19.7 Å². The molecule has 17 nitrogen and oxygen atoms in total. The normalized spacial score (nSPS) is 25.1. The van der Waals surface area contributed by atoms with Crippen LogP contribution in [0.4, 0.5) is 5.82 Å². The van der Waals surface area contributed by atoms with E-state index in [9.17, 15) is 23.7 Å². The third-order valence-electron chi connectivity index (χ3n) is 8.94. The fourth-order valence-electron chi connectivity index (χ4n) is 6.07. The van der Waals surface area contributed by atoms with Crippen molar-refractivity contribution in [3.8, 4) is 5.75 Å². The number of esters is 3. The lowest BCUT2D eigenvalue weighted by molar-refractivity contribution is -0.181. The number of nitrogens with one attached hydrogen (secondary N) is 1. The number of rotatable bonds is 14. The van der Waals surface area contributed by atoms with E-state index >= 15 is 0 Å². The van der Waals surface area contributed by atoms with Gasteiger partial charge in [0.25, 0.3) is 5.91 Å². The van der Waals surface area contributed by atoms with Gasteiger partial charge in [-0.1, -0.05) is 27.7 Å². The summed E-state index contributed by atoms with van der Waals surface area (Å²) in [7, 11) is -1.45. The van der Waals surface area contributed by atoms with Crippen LogP contribution in [0.5, 0.6) is 5.75 Å². The number of carbonyl (C=O) groups excluding carboxylic acids is 4. The van der Waals surface area contributed by atoms with Crippen molar-refractivity contribution < 1.29 is 51.7 Å². The monoisotopic (exact) mass is 758 g/mol. The molecule has 2 fully saturated rings. The Morgan fingerprint density at radius 2 is 1.60 bits per heavy atom. The zero-order chi connectivity index (χ0) is 39.2. The molecule has 288 valence electrons. The molecule has 1 aliphatic carbocycles. The van der Waals surface area contributed by atoms with E-state index in [-0.39, 0.29) is 17.5 Å². The van der Waals surface area contributed by atoms with Crippen molar-refractivity contribution in [2.45, 2.75) is 97.0 Å². The topological polar surface area (TPSA) is 212 Å². The van der Waals surface area contributed by atoms with Crippen molar-refractivity contribution in [3.05, 3.63) is 54.0 Å². The van der Waals surface area contributed by atoms with Crippen molar-refractivity contribution in [2.24, 2.45) is 11.8 Å². The van der Waals surface area contributed by atoms with Crippen molar-refractivity contribution in [1.29, 1.82) is 0 Å². The molecule has 2 aromatic heterocycles. The predicted molar refractivity (Wildman–Crippen MR) is 189 cm³/mol. The highest BCUT2D eigenvalue weighted by Gasteiger charge is 2.91. The van der Waals surface area contributed by atoms with E-state index < -0.39 is 79.2 Å². The number of nitrogen functional groups attached to an aromatic ring is 1. The minimum absolute atomic E-state index is 0.0169. The SMILES string of the molecule is CC(C)OC(=O)[C@H](C)N[P@](=O)(Oc1ccc(C(=O)N(C)C)cc1)OC1[C@@]2(C)O[C@@H](c3ccc4c(N)ncnn34)[C@H](OC(=O)C(C)C)[C@@]12OC(=O)C(C)C. The summed E-state index contributed by atoms with van der Waals surface area (Å²) in [6.07, 6.45) is -3.06. The molecule has 1 unspecified atom stereocenters. The van der Waals surface area contributed by atoms with Gasteiger partial charge >= 0.3 is 25.7 Å². The van der Waals surface area contributed by atoms with E-state index in [1.807, 2.05) is 0 Å². The van der Waals surface area contributed by atoms with Gasteiger partial charge in [0.2, 0.25) is 5.60 Å². The van der Waals surface area contributed by atoms with Gasteiger partial charge in [-0.25, -0.2) is 14.1 Å². The number of ether oxygens (including phenoxy) is 4. The Kier molecular flexibility index (Phi) is 11.0. The highest BCUT2D eigenvalue weighted by atomic mass is 31.2. The van der Waals surface area contributed by atoms with Crippen LogP contribution in [0.3, 0.4) is 0 Å². The maximum absolute atomic E-state index is 14.9. The highest BCUT2D eigenvalue weighted by Crippen LogP contribution is 2.71. The van der Waals surface area contributed by atoms with Crippen LogP contribution in [0.25, 0.3) is 5.52 Å². The van der Waals surface area contributed by atoms with E-state index in [0.29, 0.717) is 16.8 Å². The predicted octanol–water partition coefficient (Wildman–Crippen LogP) is 3.86. The minimum Gasteiger partial charge on any atom is -0.462 e. The molecule has 0 radical (unpaired) electrons. The second-order valence-electron chi connectivity index (χ2n) is 14.4. The Bertz CT molecular complexity index is 1930. The molecule has 53 heavy (non-hydrogen) atoms. The molecule has 1 amide bonds. The molecule has 5 rings (SSSR count). The molecular formula is C35H47N6O11P. The van der Waals surface area contributed by atoms with Gasteiger partial charge in [0.1, 0.15) is 41.4 Å². The van der Waals surface area contributed by atoms with Crippen LogP contribution in [-0.4, -0.2) is 93.0 Å². The smallest absolute Gasteiger partial charge is 0.459 e.